The average molecular weight is 339 g/mol. The lowest BCUT2D eigenvalue weighted by Crippen LogP contribution is -2.44. The lowest BCUT2D eigenvalue weighted by atomic mass is 9.98. The van der Waals surface area contributed by atoms with Crippen molar-refractivity contribution in [2.75, 3.05) is 16.8 Å². The number of anilines is 2. The van der Waals surface area contributed by atoms with Gasteiger partial charge in [0, 0.05) is 18.3 Å². The molecule has 1 amide bonds. The van der Waals surface area contributed by atoms with Gasteiger partial charge in [0.25, 0.3) is 5.69 Å². The molecule has 3 rings (SSSR count). The van der Waals surface area contributed by atoms with Crippen molar-refractivity contribution >= 4 is 23.0 Å². The van der Waals surface area contributed by atoms with Crippen LogP contribution in [-0.4, -0.2) is 23.4 Å². The molecule has 1 heterocycles. The predicted molar refractivity (Wildman–Crippen MR) is 98.0 cm³/mol. The molecule has 130 valence electrons. The number of nitrogens with one attached hydrogen (secondary N) is 1. The molecule has 0 spiro atoms. The van der Waals surface area contributed by atoms with Crippen LogP contribution in [0.15, 0.2) is 42.5 Å². The number of rotatable bonds is 4. The Labute approximate surface area is 146 Å². The van der Waals surface area contributed by atoms with Gasteiger partial charge < -0.3 is 10.2 Å². The largest absolute Gasteiger partial charge is 0.360 e. The van der Waals surface area contributed by atoms with E-state index in [1.54, 1.807) is 18.2 Å². The number of para-hydroxylation sites is 2. The highest BCUT2D eigenvalue weighted by molar-refractivity contribution is 5.98. The molecule has 0 fully saturated rings. The summed E-state index contributed by atoms with van der Waals surface area (Å²) < 4.78 is 0. The van der Waals surface area contributed by atoms with Gasteiger partial charge in [0.15, 0.2) is 0 Å². The maximum atomic E-state index is 12.7. The van der Waals surface area contributed by atoms with Crippen LogP contribution in [0, 0.1) is 17.0 Å². The Bertz CT molecular complexity index is 819. The van der Waals surface area contributed by atoms with Crippen LogP contribution in [0.5, 0.6) is 0 Å². The van der Waals surface area contributed by atoms with E-state index in [2.05, 4.69) is 29.3 Å². The molecule has 6 nitrogen and oxygen atoms in total. The number of carbonyl (C=O) groups is 1. The zero-order chi connectivity index (χ0) is 18.0. The van der Waals surface area contributed by atoms with Crippen molar-refractivity contribution in [3.8, 4) is 0 Å². The lowest BCUT2D eigenvalue weighted by Gasteiger charge is -2.35. The van der Waals surface area contributed by atoms with E-state index in [0.717, 1.165) is 25.1 Å². The minimum atomic E-state index is -0.487. The van der Waals surface area contributed by atoms with E-state index in [-0.39, 0.29) is 17.3 Å². The number of hydrogen-bond donors (Lipinski definition) is 1. The fourth-order valence-electron chi connectivity index (χ4n) is 3.27. The van der Waals surface area contributed by atoms with Gasteiger partial charge in [-0.05, 0) is 44.4 Å². The summed E-state index contributed by atoms with van der Waals surface area (Å²) in [5, 5.41) is 13.8. The highest BCUT2D eigenvalue weighted by atomic mass is 16.6. The van der Waals surface area contributed by atoms with Crippen molar-refractivity contribution in [2.45, 2.75) is 32.7 Å². The average Bonchev–Trinajstić information content (AvgIpc) is 2.60. The number of benzene rings is 2. The van der Waals surface area contributed by atoms with Crippen LogP contribution in [0.1, 0.15) is 24.5 Å². The van der Waals surface area contributed by atoms with Gasteiger partial charge in [0.1, 0.15) is 11.7 Å². The molecule has 0 saturated carbocycles. The molecule has 0 aliphatic carbocycles. The number of nitro benzene ring substituents is 1. The molecular weight excluding hydrogens is 318 g/mol. The number of fused-ring (bicyclic) bond motifs is 1. The van der Waals surface area contributed by atoms with E-state index in [4.69, 9.17) is 0 Å². The third kappa shape index (κ3) is 3.47. The maximum absolute atomic E-state index is 12.7. The summed E-state index contributed by atoms with van der Waals surface area (Å²) in [6, 6.07) is 12.0. The Morgan fingerprint density at radius 1 is 1.28 bits per heavy atom. The first kappa shape index (κ1) is 17.0. The number of carbonyl (C=O) groups excluding carboxylic acids is 1. The SMILES string of the molecule is Cc1ccc2c(c1)CCCN2[C@H](C)C(=O)Nc1ccccc1[N+](=O)[O-]. The van der Waals surface area contributed by atoms with Gasteiger partial charge >= 0.3 is 0 Å². The van der Waals surface area contributed by atoms with Gasteiger partial charge in [0.2, 0.25) is 5.91 Å². The van der Waals surface area contributed by atoms with Crippen LogP contribution in [0.3, 0.4) is 0 Å². The topological polar surface area (TPSA) is 75.5 Å². The van der Waals surface area contributed by atoms with Gasteiger partial charge in [-0.15, -0.1) is 0 Å². The molecule has 2 aromatic rings. The molecule has 1 aliphatic heterocycles. The number of amides is 1. The molecule has 0 saturated heterocycles. The Balaban J connectivity index is 1.82. The summed E-state index contributed by atoms with van der Waals surface area (Å²) in [7, 11) is 0. The third-order valence-corrected chi connectivity index (χ3v) is 4.60. The van der Waals surface area contributed by atoms with Crippen molar-refractivity contribution in [1.29, 1.82) is 0 Å². The summed E-state index contributed by atoms with van der Waals surface area (Å²) in [6.07, 6.45) is 1.99. The fourth-order valence-corrected chi connectivity index (χ4v) is 3.27. The molecule has 1 aliphatic rings. The Kier molecular flexibility index (Phi) is 4.70. The van der Waals surface area contributed by atoms with Crippen LogP contribution in [0.25, 0.3) is 0 Å². The standard InChI is InChI=1S/C19H21N3O3/c1-13-9-10-17-15(12-13)6-5-11-21(17)14(2)19(23)20-16-7-3-4-8-18(16)22(24)25/h3-4,7-10,12,14H,5-6,11H2,1-2H3,(H,20,23)/t14-/m1/s1. The lowest BCUT2D eigenvalue weighted by molar-refractivity contribution is -0.383. The van der Waals surface area contributed by atoms with Gasteiger partial charge in [0.05, 0.1) is 4.92 Å². The van der Waals surface area contributed by atoms with Crippen LogP contribution in [0.4, 0.5) is 17.1 Å². The van der Waals surface area contributed by atoms with Crippen molar-refractivity contribution in [1.82, 2.24) is 0 Å². The van der Waals surface area contributed by atoms with Crippen molar-refractivity contribution in [2.24, 2.45) is 0 Å². The Morgan fingerprint density at radius 2 is 2.04 bits per heavy atom. The van der Waals surface area contributed by atoms with Crippen molar-refractivity contribution < 1.29 is 9.72 Å². The highest BCUT2D eigenvalue weighted by Crippen LogP contribution is 2.30. The molecule has 25 heavy (non-hydrogen) atoms. The van der Waals surface area contributed by atoms with Gasteiger partial charge in [-0.25, -0.2) is 0 Å². The number of hydrogen-bond acceptors (Lipinski definition) is 4. The Hall–Kier alpha value is -2.89. The summed E-state index contributed by atoms with van der Waals surface area (Å²) in [5.74, 6) is -0.247. The number of nitro groups is 1. The first-order valence-electron chi connectivity index (χ1n) is 8.38. The fraction of sp³-hybridized carbons (Fsp3) is 0.316. The molecule has 1 atom stereocenters. The maximum Gasteiger partial charge on any atom is 0.292 e. The van der Waals surface area contributed by atoms with Crippen LogP contribution < -0.4 is 10.2 Å². The summed E-state index contributed by atoms with van der Waals surface area (Å²) in [4.78, 5) is 25.4. The zero-order valence-electron chi connectivity index (χ0n) is 14.4. The van der Waals surface area contributed by atoms with Crippen LogP contribution in [-0.2, 0) is 11.2 Å². The molecular formula is C19H21N3O3. The summed E-state index contributed by atoms with van der Waals surface area (Å²) in [6.45, 7) is 4.69. The van der Waals surface area contributed by atoms with E-state index in [9.17, 15) is 14.9 Å². The predicted octanol–water partition coefficient (Wildman–Crippen LogP) is 3.68. The molecule has 2 aromatic carbocycles. The monoisotopic (exact) mass is 339 g/mol. The number of nitrogens with zero attached hydrogens (tertiary/aromatic N) is 2. The smallest absolute Gasteiger partial charge is 0.292 e. The molecule has 0 aromatic heterocycles. The second-order valence-electron chi connectivity index (χ2n) is 6.37. The minimum Gasteiger partial charge on any atom is -0.360 e. The first-order valence-corrected chi connectivity index (χ1v) is 8.38. The molecule has 6 heteroatoms. The first-order chi connectivity index (χ1) is 12.0. The van der Waals surface area contributed by atoms with E-state index in [1.807, 2.05) is 13.0 Å². The Morgan fingerprint density at radius 3 is 2.80 bits per heavy atom. The summed E-state index contributed by atoms with van der Waals surface area (Å²) in [5.41, 5.74) is 3.65. The normalized spacial score (nSPS) is 14.6. The molecule has 0 radical (unpaired) electrons. The highest BCUT2D eigenvalue weighted by Gasteiger charge is 2.27. The quantitative estimate of drug-likeness (QED) is 0.681. The summed E-state index contributed by atoms with van der Waals surface area (Å²) >= 11 is 0. The molecule has 0 bridgehead atoms. The van der Waals surface area contributed by atoms with Crippen LogP contribution in [0.2, 0.25) is 0 Å². The second kappa shape index (κ2) is 6.93. The van der Waals surface area contributed by atoms with Gasteiger partial charge in [-0.1, -0.05) is 29.8 Å². The number of aryl methyl sites for hydroxylation is 2. The van der Waals surface area contributed by atoms with E-state index >= 15 is 0 Å². The molecule has 1 N–H and O–H groups in total. The van der Waals surface area contributed by atoms with Gasteiger partial charge in [-0.2, -0.15) is 0 Å². The zero-order valence-corrected chi connectivity index (χ0v) is 14.4. The van der Waals surface area contributed by atoms with Crippen molar-refractivity contribution in [3.05, 3.63) is 63.7 Å². The molecule has 0 unspecified atom stereocenters. The van der Waals surface area contributed by atoms with Crippen LogP contribution >= 0.6 is 0 Å². The van der Waals surface area contributed by atoms with E-state index < -0.39 is 11.0 Å². The minimum absolute atomic E-state index is 0.0993. The second-order valence-corrected chi connectivity index (χ2v) is 6.37. The van der Waals surface area contributed by atoms with E-state index in [0.29, 0.717) is 0 Å². The van der Waals surface area contributed by atoms with Crippen molar-refractivity contribution in [3.63, 3.8) is 0 Å². The third-order valence-electron chi connectivity index (χ3n) is 4.60. The van der Waals surface area contributed by atoms with Gasteiger partial charge in [-0.3, -0.25) is 14.9 Å². The van der Waals surface area contributed by atoms with E-state index in [1.165, 1.54) is 17.2 Å².